The van der Waals surface area contributed by atoms with Crippen LogP contribution in [0.3, 0.4) is 0 Å². The van der Waals surface area contributed by atoms with Gasteiger partial charge in [-0.1, -0.05) is 131 Å². The van der Waals surface area contributed by atoms with Crippen molar-refractivity contribution in [2.24, 2.45) is 21.7 Å². The predicted octanol–water partition coefficient (Wildman–Crippen LogP) is 14.7. The number of fused-ring (bicyclic) bond motifs is 2. The van der Waals surface area contributed by atoms with Crippen molar-refractivity contribution in [2.45, 2.75) is 160 Å². The maximum Gasteiger partial charge on any atom is 0.164 e. The van der Waals surface area contributed by atoms with Gasteiger partial charge in [0.25, 0.3) is 0 Å². The molecule has 1 radical (unpaired) electrons. The van der Waals surface area contributed by atoms with Crippen LogP contribution in [0.25, 0.3) is 32.9 Å². The van der Waals surface area contributed by atoms with Gasteiger partial charge < -0.3 is 5.11 Å². The first-order valence-corrected chi connectivity index (χ1v) is 20.4. The Morgan fingerprint density at radius 3 is 1.94 bits per heavy atom. The molecular weight excluding hydrogens is 839 g/mol. The molecule has 1 N–H and O–H groups in total. The van der Waals surface area contributed by atoms with Gasteiger partial charge in [-0.2, -0.15) is 0 Å². The zero-order chi connectivity index (χ0) is 39.7. The second-order valence-corrected chi connectivity index (χ2v) is 19.5. The van der Waals surface area contributed by atoms with E-state index in [0.29, 0.717) is 16.7 Å². The first kappa shape index (κ1) is 45.6. The summed E-state index contributed by atoms with van der Waals surface area (Å²) >= 11 is 0. The monoisotopic (exact) mass is 910 g/mol. The van der Waals surface area contributed by atoms with Gasteiger partial charge in [0.15, 0.2) is 5.78 Å². The van der Waals surface area contributed by atoms with E-state index in [1.807, 2.05) is 41.5 Å². The van der Waals surface area contributed by atoms with Gasteiger partial charge in [0, 0.05) is 48.1 Å². The third-order valence-corrected chi connectivity index (χ3v) is 12.7. The number of rotatable bonds is 9. The Labute approximate surface area is 342 Å². The molecule has 1 saturated carbocycles. The van der Waals surface area contributed by atoms with Crippen LogP contribution in [-0.4, -0.2) is 15.9 Å². The summed E-state index contributed by atoms with van der Waals surface area (Å²) in [5, 5.41) is 14.0. The molecule has 3 nitrogen and oxygen atoms in total. The molecular formula is C50H70IrNO2-. The number of aryl methyl sites for hydroxylation is 2. The normalized spacial score (nSPS) is 16.5. The van der Waals surface area contributed by atoms with E-state index in [0.717, 1.165) is 42.5 Å². The van der Waals surface area contributed by atoms with Crippen LogP contribution in [0, 0.1) is 41.6 Å². The molecule has 0 bridgehead atoms. The molecule has 297 valence electrons. The number of aromatic nitrogens is 1. The molecule has 1 heterocycles. The van der Waals surface area contributed by atoms with E-state index in [4.69, 9.17) is 4.98 Å². The Balaban J connectivity index is 0.000000372. The number of aliphatic hydroxyl groups is 1. The van der Waals surface area contributed by atoms with Gasteiger partial charge in [0.05, 0.1) is 5.52 Å². The molecule has 4 aromatic rings. The van der Waals surface area contributed by atoms with E-state index in [1.165, 1.54) is 63.8 Å². The molecule has 1 aliphatic carbocycles. The Morgan fingerprint density at radius 2 is 1.41 bits per heavy atom. The minimum atomic E-state index is -0.337. The number of aliphatic hydroxyl groups excluding tert-OH is 1. The van der Waals surface area contributed by atoms with Crippen molar-refractivity contribution in [2.75, 3.05) is 0 Å². The smallest absolute Gasteiger partial charge is 0.164 e. The SMILES string of the molecule is CCC(C)(CC)C(=O)/C=C(\O)C(C)(CC)CC.Cc1cc(C)c2c(C3CC(C)(C)CC(C)(C)C3)cc(-c3[c-]c4ccccc4c(C(C)(C)C)c3)nc2c1.[Ir]. The average Bonchev–Trinajstić information content (AvgIpc) is 3.08. The molecule has 0 spiro atoms. The van der Waals surface area contributed by atoms with Crippen molar-refractivity contribution in [3.8, 4) is 11.3 Å². The topological polar surface area (TPSA) is 50.2 Å². The quantitative estimate of drug-likeness (QED) is 0.103. The Hall–Kier alpha value is -2.81. The molecule has 1 fully saturated rings. The third kappa shape index (κ3) is 10.1. The van der Waals surface area contributed by atoms with Gasteiger partial charge in [0.1, 0.15) is 5.76 Å². The van der Waals surface area contributed by atoms with Gasteiger partial charge in [-0.3, -0.25) is 9.78 Å². The molecule has 0 unspecified atom stereocenters. The standard InChI is InChI=1S/C35H42N.C15H28O2.Ir/c1-22-14-23(2)32-28(26-19-34(6,7)21-35(8,9)20-26)18-30(36-31(32)15-22)25-16-24-12-10-11-13-27(24)29(17-25)33(3,4)5;1-7-14(5,8-2)12(16)11-13(17)15(6,9-3)10-4;/h10-15,17-18,26H,19-21H2,1-9H3;11,16H,7-10H2,1-6H3;/q-1;;/b;12-11-;. The number of ketones is 1. The van der Waals surface area contributed by atoms with E-state index in [2.05, 4.69) is 117 Å². The molecule has 0 saturated heterocycles. The largest absolute Gasteiger partial charge is 0.512 e. The summed E-state index contributed by atoms with van der Waals surface area (Å²) < 4.78 is 0. The van der Waals surface area contributed by atoms with Gasteiger partial charge in [-0.25, -0.2) is 0 Å². The van der Waals surface area contributed by atoms with Crippen molar-refractivity contribution in [3.63, 3.8) is 0 Å². The first-order chi connectivity index (χ1) is 24.5. The van der Waals surface area contributed by atoms with E-state index in [9.17, 15) is 9.90 Å². The molecule has 4 heteroatoms. The molecule has 1 aliphatic rings. The van der Waals surface area contributed by atoms with Gasteiger partial charge >= 0.3 is 0 Å². The van der Waals surface area contributed by atoms with Crippen molar-refractivity contribution in [3.05, 3.63) is 88.7 Å². The molecule has 5 rings (SSSR count). The van der Waals surface area contributed by atoms with Crippen LogP contribution >= 0.6 is 0 Å². The maximum atomic E-state index is 12.2. The Kier molecular flexibility index (Phi) is 14.5. The maximum absolute atomic E-state index is 12.2. The van der Waals surface area contributed by atoms with Crippen molar-refractivity contribution >= 4 is 27.5 Å². The van der Waals surface area contributed by atoms with E-state index in [1.54, 1.807) is 0 Å². The van der Waals surface area contributed by atoms with Gasteiger partial charge in [0.2, 0.25) is 0 Å². The fourth-order valence-electron chi connectivity index (χ4n) is 8.99. The molecule has 3 aromatic carbocycles. The summed E-state index contributed by atoms with van der Waals surface area (Å²) in [7, 11) is 0. The summed E-state index contributed by atoms with van der Waals surface area (Å²) in [6.07, 6.45) is 8.47. The number of benzene rings is 3. The number of allylic oxidation sites excluding steroid dienone is 2. The van der Waals surface area contributed by atoms with Crippen LogP contribution in [0.2, 0.25) is 0 Å². The number of nitrogens with zero attached hydrogens (tertiary/aromatic N) is 1. The number of carbonyl (C=O) groups is 1. The average molecular weight is 909 g/mol. The van der Waals surface area contributed by atoms with E-state index in [-0.39, 0.29) is 47.9 Å². The van der Waals surface area contributed by atoms with Crippen molar-refractivity contribution in [1.82, 2.24) is 4.98 Å². The molecule has 54 heavy (non-hydrogen) atoms. The zero-order valence-electron chi connectivity index (χ0n) is 36.4. The van der Waals surface area contributed by atoms with E-state index < -0.39 is 0 Å². The van der Waals surface area contributed by atoms with Crippen molar-refractivity contribution < 1.29 is 30.0 Å². The van der Waals surface area contributed by atoms with Crippen LogP contribution < -0.4 is 0 Å². The summed E-state index contributed by atoms with van der Waals surface area (Å²) in [6.45, 7) is 33.3. The fourth-order valence-corrected chi connectivity index (χ4v) is 8.99. The number of carbonyl (C=O) groups excluding carboxylic acids is 1. The first-order valence-electron chi connectivity index (χ1n) is 20.4. The summed E-state index contributed by atoms with van der Waals surface area (Å²) in [5.41, 5.74) is 8.83. The molecule has 0 atom stereocenters. The second-order valence-electron chi connectivity index (χ2n) is 19.5. The number of hydrogen-bond donors (Lipinski definition) is 1. The summed E-state index contributed by atoms with van der Waals surface area (Å²) in [4.78, 5) is 17.5. The summed E-state index contributed by atoms with van der Waals surface area (Å²) in [6, 6.07) is 21.8. The Bertz CT molecular complexity index is 1950. The Morgan fingerprint density at radius 1 is 0.852 bits per heavy atom. The molecule has 0 amide bonds. The van der Waals surface area contributed by atoms with Gasteiger partial charge in [-0.15, -0.1) is 29.1 Å². The third-order valence-electron chi connectivity index (χ3n) is 12.7. The number of hydrogen-bond acceptors (Lipinski definition) is 3. The van der Waals surface area contributed by atoms with E-state index >= 15 is 0 Å². The number of pyridine rings is 1. The van der Waals surface area contributed by atoms with Crippen LogP contribution in [0.4, 0.5) is 0 Å². The second kappa shape index (κ2) is 17.1. The fraction of sp³-hybridized carbons (Fsp3) is 0.560. The van der Waals surface area contributed by atoms with Crippen LogP contribution in [0.15, 0.2) is 60.4 Å². The summed E-state index contributed by atoms with van der Waals surface area (Å²) in [5.74, 6) is 0.811. The molecule has 0 aliphatic heterocycles. The minimum absolute atomic E-state index is 0. The van der Waals surface area contributed by atoms with Crippen molar-refractivity contribution in [1.29, 1.82) is 0 Å². The zero-order valence-corrected chi connectivity index (χ0v) is 38.8. The van der Waals surface area contributed by atoms with Crippen LogP contribution in [0.5, 0.6) is 0 Å². The van der Waals surface area contributed by atoms with Crippen LogP contribution in [0.1, 0.15) is 163 Å². The minimum Gasteiger partial charge on any atom is -0.512 e. The predicted molar refractivity (Wildman–Crippen MR) is 229 cm³/mol. The van der Waals surface area contributed by atoms with Gasteiger partial charge in [-0.05, 0) is 104 Å². The van der Waals surface area contributed by atoms with Crippen LogP contribution in [-0.2, 0) is 30.3 Å². The molecule has 1 aromatic heterocycles.